The summed E-state index contributed by atoms with van der Waals surface area (Å²) < 4.78 is 82.0. The number of nitrogens with two attached hydrogens (primary N) is 2. The number of hydrogen-bond acceptors (Lipinski definition) is 8. The Labute approximate surface area is 97.5 Å². The Kier molecular flexibility index (Phi) is 18.8. The predicted octanol–water partition coefficient (Wildman–Crippen LogP) is -2.83. The van der Waals surface area contributed by atoms with E-state index in [2.05, 4.69) is 10.3 Å². The van der Waals surface area contributed by atoms with Crippen molar-refractivity contribution < 1.29 is 43.5 Å². The first-order chi connectivity index (χ1) is 6.00. The van der Waals surface area contributed by atoms with Crippen molar-refractivity contribution in [2.45, 2.75) is 0 Å². The SMILES string of the molecule is N.N.NS(=O)(=O)O.NS(=O)(=O)O.O=S(=O)(O)O. The molecule has 0 amide bonds. The van der Waals surface area contributed by atoms with E-state index in [1.54, 1.807) is 0 Å². The first kappa shape index (κ1) is 30.0. The van der Waals surface area contributed by atoms with Gasteiger partial charge in [-0.1, -0.05) is 0 Å². The van der Waals surface area contributed by atoms with Gasteiger partial charge in [0.15, 0.2) is 0 Å². The zero-order chi connectivity index (χ0) is 13.5. The minimum Gasteiger partial charge on any atom is -0.344 e. The summed E-state index contributed by atoms with van der Waals surface area (Å²) in [6, 6.07) is 0. The number of rotatable bonds is 0. The Morgan fingerprint density at radius 1 is 0.588 bits per heavy atom. The summed E-state index contributed by atoms with van der Waals surface area (Å²) in [6.07, 6.45) is 0. The van der Waals surface area contributed by atoms with Gasteiger partial charge in [-0.15, -0.1) is 0 Å². The van der Waals surface area contributed by atoms with E-state index < -0.39 is 31.0 Å². The van der Waals surface area contributed by atoms with Crippen molar-refractivity contribution in [3.05, 3.63) is 0 Å². The maximum absolute atomic E-state index is 8.97. The Bertz CT molecular complexity index is 344. The second kappa shape index (κ2) is 10.7. The van der Waals surface area contributed by atoms with Gasteiger partial charge in [0.25, 0.3) is 0 Å². The molecule has 0 saturated heterocycles. The molecule has 14 nitrogen and oxygen atoms in total. The topological polar surface area (TPSA) is 305 Å². The van der Waals surface area contributed by atoms with Crippen molar-refractivity contribution in [1.82, 2.24) is 12.3 Å². The van der Waals surface area contributed by atoms with E-state index in [-0.39, 0.29) is 12.3 Å². The molecular weight excluding hydrogens is 312 g/mol. The Morgan fingerprint density at radius 2 is 0.588 bits per heavy atom. The largest absolute Gasteiger partial charge is 0.394 e. The zero-order valence-corrected chi connectivity index (χ0v) is 10.5. The normalized spacial score (nSPS) is 10.2. The second-order valence-corrected chi connectivity index (χ2v) is 4.43. The number of hydrogen-bond donors (Lipinski definition) is 8. The van der Waals surface area contributed by atoms with Gasteiger partial charge >= 0.3 is 31.0 Å². The molecule has 112 valence electrons. The lowest BCUT2D eigenvalue weighted by Gasteiger charge is -1.70. The van der Waals surface area contributed by atoms with Gasteiger partial charge < -0.3 is 12.3 Å². The van der Waals surface area contributed by atoms with E-state index in [0.29, 0.717) is 0 Å². The van der Waals surface area contributed by atoms with Gasteiger partial charge in [-0.25, -0.2) is 10.3 Å². The van der Waals surface area contributed by atoms with Gasteiger partial charge in [0.1, 0.15) is 0 Å². The maximum atomic E-state index is 8.97. The third-order valence-electron chi connectivity index (χ3n) is 0. The average molecular weight is 326 g/mol. The van der Waals surface area contributed by atoms with E-state index in [0.717, 1.165) is 0 Å². The van der Waals surface area contributed by atoms with E-state index in [4.69, 9.17) is 43.5 Å². The Hall–Kier alpha value is -0.470. The maximum Gasteiger partial charge on any atom is 0.394 e. The molecule has 0 aromatic heterocycles. The van der Waals surface area contributed by atoms with Crippen molar-refractivity contribution in [2.75, 3.05) is 0 Å². The van der Waals surface area contributed by atoms with Crippen molar-refractivity contribution >= 4 is 31.0 Å². The quantitative estimate of drug-likeness (QED) is 0.209. The van der Waals surface area contributed by atoms with Crippen LogP contribution in [0.1, 0.15) is 0 Å². The van der Waals surface area contributed by atoms with Crippen LogP contribution in [-0.4, -0.2) is 43.5 Å². The monoisotopic (exact) mass is 326 g/mol. The summed E-state index contributed by atoms with van der Waals surface area (Å²) >= 11 is 0. The fourth-order valence-electron chi connectivity index (χ4n) is 0. The molecule has 0 fully saturated rings. The highest BCUT2D eigenvalue weighted by Gasteiger charge is 1.84. The lowest BCUT2D eigenvalue weighted by atomic mass is 13.9. The van der Waals surface area contributed by atoms with Crippen LogP contribution in [0, 0.1) is 0 Å². The van der Waals surface area contributed by atoms with Gasteiger partial charge in [-0.3, -0.25) is 18.2 Å². The van der Waals surface area contributed by atoms with E-state index in [1.807, 2.05) is 0 Å². The third kappa shape index (κ3) is 12900. The molecule has 0 radical (unpaired) electrons. The predicted molar refractivity (Wildman–Crippen MR) is 55.7 cm³/mol. The summed E-state index contributed by atoms with van der Waals surface area (Å²) in [5.41, 5.74) is 0. The summed E-state index contributed by atoms with van der Waals surface area (Å²) in [5.74, 6) is 0. The fraction of sp³-hybridized carbons (Fsp3) is 0. The van der Waals surface area contributed by atoms with Crippen molar-refractivity contribution in [2.24, 2.45) is 10.3 Å². The molecule has 0 unspecified atom stereocenters. The van der Waals surface area contributed by atoms with E-state index in [1.165, 1.54) is 0 Å². The minimum atomic E-state index is -4.67. The molecule has 0 rings (SSSR count). The summed E-state index contributed by atoms with van der Waals surface area (Å²) in [4.78, 5) is 0. The average Bonchev–Trinajstić information content (AvgIpc) is 1.41. The van der Waals surface area contributed by atoms with Crippen LogP contribution in [0.25, 0.3) is 0 Å². The Morgan fingerprint density at radius 3 is 0.588 bits per heavy atom. The van der Waals surface area contributed by atoms with E-state index in [9.17, 15) is 0 Å². The van der Waals surface area contributed by atoms with Crippen LogP contribution in [0.4, 0.5) is 0 Å². The summed E-state index contributed by atoms with van der Waals surface area (Å²) in [7, 11) is -13.0. The molecule has 0 atom stereocenters. The van der Waals surface area contributed by atoms with Crippen LogP contribution in [0.15, 0.2) is 0 Å². The van der Waals surface area contributed by atoms with Crippen molar-refractivity contribution in [3.8, 4) is 0 Å². The second-order valence-electron chi connectivity index (χ2n) is 1.48. The molecule has 0 aliphatic heterocycles. The first-order valence-electron chi connectivity index (χ1n) is 2.20. The lowest BCUT2D eigenvalue weighted by molar-refractivity contribution is 0.380. The molecule has 0 aromatic rings. The van der Waals surface area contributed by atoms with E-state index >= 15 is 0 Å². The van der Waals surface area contributed by atoms with Crippen LogP contribution in [0.3, 0.4) is 0 Å². The first-order valence-corrected chi connectivity index (χ1v) is 6.61. The van der Waals surface area contributed by atoms with Gasteiger partial charge in [-0.2, -0.15) is 25.3 Å². The molecule has 14 N–H and O–H groups in total. The molecule has 17 heteroatoms. The van der Waals surface area contributed by atoms with Crippen LogP contribution in [0.2, 0.25) is 0 Å². The Balaban J connectivity index is -0.0000000400. The molecule has 0 aliphatic rings. The minimum absolute atomic E-state index is 0. The molecular formula is H14N4O10S3. The third-order valence-corrected chi connectivity index (χ3v) is 0. The van der Waals surface area contributed by atoms with Gasteiger partial charge in [0.2, 0.25) is 0 Å². The molecule has 0 spiro atoms. The fourth-order valence-corrected chi connectivity index (χ4v) is 0. The zero-order valence-electron chi connectivity index (χ0n) is 8.03. The lowest BCUT2D eigenvalue weighted by Crippen LogP contribution is -2.08. The van der Waals surface area contributed by atoms with Crippen LogP contribution in [-0.2, 0) is 31.0 Å². The standard InChI is InChI=1S/2H3NO3S.2H3N.H2O4S/c2*1-5(2,3)4;;;1-5(2,3)4/h2*(H3,1,2,3,4);2*1H3;(H2,1,2,3,4). The highest BCUT2D eigenvalue weighted by Crippen LogP contribution is 1.59. The van der Waals surface area contributed by atoms with Gasteiger partial charge in [-0.05, 0) is 0 Å². The smallest absolute Gasteiger partial charge is 0.344 e. The highest BCUT2D eigenvalue weighted by molar-refractivity contribution is 7.83. The molecule has 0 aliphatic carbocycles. The molecule has 17 heavy (non-hydrogen) atoms. The highest BCUT2D eigenvalue weighted by atomic mass is 32.3. The molecule has 0 heterocycles. The summed E-state index contributed by atoms with van der Waals surface area (Å²) in [6.45, 7) is 0. The van der Waals surface area contributed by atoms with Crippen molar-refractivity contribution in [3.63, 3.8) is 0 Å². The van der Waals surface area contributed by atoms with Crippen molar-refractivity contribution in [1.29, 1.82) is 0 Å². The van der Waals surface area contributed by atoms with Crippen LogP contribution >= 0.6 is 0 Å². The van der Waals surface area contributed by atoms with Gasteiger partial charge in [0.05, 0.1) is 0 Å². The summed E-state index contributed by atoms with van der Waals surface area (Å²) in [5, 5.41) is 7.76. The van der Waals surface area contributed by atoms with Gasteiger partial charge in [0, 0.05) is 0 Å². The molecule has 0 bridgehead atoms. The molecule has 0 saturated carbocycles. The van der Waals surface area contributed by atoms with Crippen LogP contribution < -0.4 is 22.6 Å². The molecule has 0 aromatic carbocycles. The van der Waals surface area contributed by atoms with Crippen LogP contribution in [0.5, 0.6) is 0 Å².